The molecule has 154 valence electrons. The number of likely N-dealkylation sites (tertiary alicyclic amines) is 1. The highest BCUT2D eigenvalue weighted by Gasteiger charge is 2.21. The Balaban J connectivity index is 0.00000261. The minimum absolute atomic E-state index is 0. The van der Waals surface area contributed by atoms with Crippen LogP contribution in [0.3, 0.4) is 0 Å². The summed E-state index contributed by atoms with van der Waals surface area (Å²) in [5, 5.41) is 15.8. The van der Waals surface area contributed by atoms with Crippen molar-refractivity contribution < 1.29 is 0 Å². The maximum atomic E-state index is 4.80. The number of halogens is 1. The first kappa shape index (κ1) is 22.4. The molecule has 3 rings (SSSR count). The summed E-state index contributed by atoms with van der Waals surface area (Å²) in [6.45, 7) is 11.5. The standard InChI is InChI=1S/C19H35N7.HI/c1-4-20-19(22-16-9-12-25(13-10-16)15(2)3)21-14-18-24-23-17-8-6-5-7-11-26(17)18;/h15-16H,4-14H2,1-3H3,(H2,20,21,22);1H. The normalized spacial score (nSPS) is 19.3. The van der Waals surface area contributed by atoms with Gasteiger partial charge in [0.1, 0.15) is 12.4 Å². The summed E-state index contributed by atoms with van der Waals surface area (Å²) in [7, 11) is 0. The van der Waals surface area contributed by atoms with Gasteiger partial charge in [0.25, 0.3) is 0 Å². The van der Waals surface area contributed by atoms with Gasteiger partial charge in [-0.25, -0.2) is 4.99 Å². The van der Waals surface area contributed by atoms with Crippen molar-refractivity contribution in [3.8, 4) is 0 Å². The van der Waals surface area contributed by atoms with Crippen LogP contribution in [0.5, 0.6) is 0 Å². The molecule has 2 N–H and O–H groups in total. The van der Waals surface area contributed by atoms with Gasteiger partial charge in [0.15, 0.2) is 11.8 Å². The number of hydrogen-bond donors (Lipinski definition) is 2. The second kappa shape index (κ2) is 11.2. The lowest BCUT2D eigenvalue weighted by Gasteiger charge is -2.35. The Morgan fingerprint density at radius 3 is 2.63 bits per heavy atom. The van der Waals surface area contributed by atoms with E-state index in [2.05, 4.69) is 51.1 Å². The molecule has 1 aromatic rings. The molecular weight excluding hydrogens is 453 g/mol. The van der Waals surface area contributed by atoms with Gasteiger partial charge < -0.3 is 20.1 Å². The zero-order valence-corrected chi connectivity index (χ0v) is 19.4. The quantitative estimate of drug-likeness (QED) is 0.378. The van der Waals surface area contributed by atoms with E-state index in [0.29, 0.717) is 18.6 Å². The molecule has 27 heavy (non-hydrogen) atoms. The number of aromatic nitrogens is 3. The van der Waals surface area contributed by atoms with Gasteiger partial charge in [-0.2, -0.15) is 0 Å². The highest BCUT2D eigenvalue weighted by molar-refractivity contribution is 14.0. The fourth-order valence-electron chi connectivity index (χ4n) is 3.89. The van der Waals surface area contributed by atoms with E-state index in [1.54, 1.807) is 0 Å². The van der Waals surface area contributed by atoms with Crippen molar-refractivity contribution >= 4 is 29.9 Å². The molecule has 0 radical (unpaired) electrons. The maximum absolute atomic E-state index is 4.80. The molecule has 0 amide bonds. The van der Waals surface area contributed by atoms with E-state index in [0.717, 1.165) is 50.2 Å². The Bertz CT molecular complexity index is 591. The van der Waals surface area contributed by atoms with E-state index in [9.17, 15) is 0 Å². The number of piperidine rings is 1. The molecule has 3 heterocycles. The minimum atomic E-state index is 0. The second-order valence-corrected chi connectivity index (χ2v) is 7.74. The van der Waals surface area contributed by atoms with Crippen molar-refractivity contribution in [2.75, 3.05) is 19.6 Å². The van der Waals surface area contributed by atoms with E-state index in [4.69, 9.17) is 4.99 Å². The number of guanidine groups is 1. The lowest BCUT2D eigenvalue weighted by atomic mass is 10.0. The van der Waals surface area contributed by atoms with Gasteiger partial charge in [-0.1, -0.05) is 6.42 Å². The van der Waals surface area contributed by atoms with Crippen molar-refractivity contribution in [1.29, 1.82) is 0 Å². The zero-order valence-electron chi connectivity index (χ0n) is 17.1. The molecule has 0 saturated carbocycles. The van der Waals surface area contributed by atoms with E-state index in [1.807, 2.05) is 0 Å². The Labute approximate surface area is 180 Å². The number of nitrogens with zero attached hydrogens (tertiary/aromatic N) is 5. The summed E-state index contributed by atoms with van der Waals surface area (Å²) in [5.74, 6) is 3.03. The average molecular weight is 489 g/mol. The van der Waals surface area contributed by atoms with Gasteiger partial charge in [-0.05, 0) is 46.5 Å². The molecule has 7 nitrogen and oxygen atoms in total. The fourth-order valence-corrected chi connectivity index (χ4v) is 3.89. The molecule has 8 heteroatoms. The highest BCUT2D eigenvalue weighted by Crippen LogP contribution is 2.15. The number of aryl methyl sites for hydroxylation is 1. The van der Waals surface area contributed by atoms with Crippen molar-refractivity contribution in [2.45, 2.75) is 84.5 Å². The van der Waals surface area contributed by atoms with Crippen molar-refractivity contribution in [2.24, 2.45) is 4.99 Å². The summed E-state index contributed by atoms with van der Waals surface area (Å²) >= 11 is 0. The molecular formula is C19H36IN7. The Morgan fingerprint density at radius 1 is 1.15 bits per heavy atom. The Hall–Kier alpha value is -0.900. The van der Waals surface area contributed by atoms with Crippen LogP contribution in [0.1, 0.15) is 64.5 Å². The first-order chi connectivity index (χ1) is 12.7. The predicted molar refractivity (Wildman–Crippen MR) is 121 cm³/mol. The van der Waals surface area contributed by atoms with Gasteiger partial charge in [0.05, 0.1) is 0 Å². The van der Waals surface area contributed by atoms with Crippen molar-refractivity contribution in [1.82, 2.24) is 30.3 Å². The molecule has 1 saturated heterocycles. The molecule has 1 aromatic heterocycles. The van der Waals surface area contributed by atoms with Crippen LogP contribution in [0, 0.1) is 0 Å². The summed E-state index contributed by atoms with van der Waals surface area (Å²) in [5.41, 5.74) is 0. The summed E-state index contributed by atoms with van der Waals surface area (Å²) in [6, 6.07) is 1.14. The van der Waals surface area contributed by atoms with Crippen LogP contribution < -0.4 is 10.6 Å². The Kier molecular flexibility index (Phi) is 9.28. The number of nitrogens with one attached hydrogen (secondary N) is 2. The number of fused-ring (bicyclic) bond motifs is 1. The van der Waals surface area contributed by atoms with Crippen LogP contribution in [-0.4, -0.2) is 57.3 Å². The first-order valence-corrected chi connectivity index (χ1v) is 10.4. The smallest absolute Gasteiger partial charge is 0.191 e. The van der Waals surface area contributed by atoms with Crippen LogP contribution in [0.4, 0.5) is 0 Å². The minimum Gasteiger partial charge on any atom is -0.357 e. The van der Waals surface area contributed by atoms with Crippen LogP contribution in [-0.2, 0) is 19.5 Å². The maximum Gasteiger partial charge on any atom is 0.191 e. The SMILES string of the molecule is CCNC(=NCc1nnc2n1CCCCC2)NC1CCN(C(C)C)CC1.I. The summed E-state index contributed by atoms with van der Waals surface area (Å²) in [6.07, 6.45) is 7.11. The summed E-state index contributed by atoms with van der Waals surface area (Å²) < 4.78 is 2.28. The van der Waals surface area contributed by atoms with Crippen molar-refractivity contribution in [3.05, 3.63) is 11.6 Å². The van der Waals surface area contributed by atoms with Crippen LogP contribution in [0.2, 0.25) is 0 Å². The molecule has 0 aliphatic carbocycles. The van der Waals surface area contributed by atoms with Gasteiger partial charge in [-0.15, -0.1) is 34.2 Å². The van der Waals surface area contributed by atoms with E-state index >= 15 is 0 Å². The third-order valence-electron chi connectivity index (χ3n) is 5.51. The monoisotopic (exact) mass is 489 g/mol. The number of aliphatic imine (C=N–C) groups is 1. The predicted octanol–water partition coefficient (Wildman–Crippen LogP) is 2.55. The molecule has 0 spiro atoms. The molecule has 0 bridgehead atoms. The lowest BCUT2D eigenvalue weighted by molar-refractivity contribution is 0.167. The third-order valence-corrected chi connectivity index (χ3v) is 5.51. The molecule has 0 atom stereocenters. The van der Waals surface area contributed by atoms with Crippen LogP contribution in [0.15, 0.2) is 4.99 Å². The van der Waals surface area contributed by atoms with Crippen LogP contribution >= 0.6 is 24.0 Å². The third kappa shape index (κ3) is 6.30. The molecule has 1 fully saturated rings. The average Bonchev–Trinajstić information content (AvgIpc) is 2.86. The highest BCUT2D eigenvalue weighted by atomic mass is 127. The lowest BCUT2D eigenvalue weighted by Crippen LogP contribution is -2.49. The van der Waals surface area contributed by atoms with Crippen molar-refractivity contribution in [3.63, 3.8) is 0 Å². The molecule has 2 aliphatic rings. The van der Waals surface area contributed by atoms with Crippen LogP contribution in [0.25, 0.3) is 0 Å². The first-order valence-electron chi connectivity index (χ1n) is 10.4. The largest absolute Gasteiger partial charge is 0.357 e. The van der Waals surface area contributed by atoms with E-state index < -0.39 is 0 Å². The van der Waals surface area contributed by atoms with E-state index in [1.165, 1.54) is 32.1 Å². The van der Waals surface area contributed by atoms with Gasteiger partial charge >= 0.3 is 0 Å². The topological polar surface area (TPSA) is 70.4 Å². The fraction of sp³-hybridized carbons (Fsp3) is 0.842. The van der Waals surface area contributed by atoms with Gasteiger partial charge in [0.2, 0.25) is 0 Å². The van der Waals surface area contributed by atoms with E-state index in [-0.39, 0.29) is 24.0 Å². The Morgan fingerprint density at radius 2 is 1.93 bits per heavy atom. The molecule has 2 aliphatic heterocycles. The van der Waals surface area contributed by atoms with Gasteiger partial charge in [-0.3, -0.25) is 0 Å². The summed E-state index contributed by atoms with van der Waals surface area (Å²) in [4.78, 5) is 7.35. The molecule has 0 unspecified atom stereocenters. The zero-order chi connectivity index (χ0) is 18.4. The van der Waals surface area contributed by atoms with Gasteiger partial charge in [0, 0.05) is 44.7 Å². The number of rotatable bonds is 5. The molecule has 0 aromatic carbocycles. The second-order valence-electron chi connectivity index (χ2n) is 7.74. The number of hydrogen-bond acceptors (Lipinski definition) is 4.